The van der Waals surface area contributed by atoms with Gasteiger partial charge < -0.3 is 20.5 Å². The number of ether oxygens (including phenoxy) is 1. The summed E-state index contributed by atoms with van der Waals surface area (Å²) in [6.45, 7) is 3.93. The Morgan fingerprint density at radius 1 is 1.15 bits per heavy atom. The fraction of sp³-hybridized carbons (Fsp3) is 0.846. The fourth-order valence-corrected chi connectivity index (χ4v) is 2.90. The van der Waals surface area contributed by atoms with E-state index in [0.29, 0.717) is 58.8 Å². The first kappa shape index (κ1) is 15.2. The number of hydrogen-bond donors (Lipinski definition) is 2. The Bertz CT molecular complexity index is 361. The minimum Gasteiger partial charge on any atom is -0.480 e. The normalized spacial score (nSPS) is 23.6. The molecule has 0 spiro atoms. The summed E-state index contributed by atoms with van der Waals surface area (Å²) >= 11 is 0. The average molecular weight is 285 g/mol. The van der Waals surface area contributed by atoms with Crippen LogP contribution in [0.1, 0.15) is 12.8 Å². The lowest BCUT2D eigenvalue weighted by Crippen LogP contribution is -2.56. The number of rotatable bonds is 4. The van der Waals surface area contributed by atoms with E-state index in [4.69, 9.17) is 15.6 Å². The van der Waals surface area contributed by atoms with Crippen LogP contribution in [0.25, 0.3) is 0 Å². The number of piperazine rings is 1. The molecule has 2 rings (SSSR count). The molecule has 2 aliphatic heterocycles. The third-order valence-electron chi connectivity index (χ3n) is 4.31. The lowest BCUT2D eigenvalue weighted by molar-refractivity contribution is -0.149. The van der Waals surface area contributed by atoms with Gasteiger partial charge in [0.2, 0.25) is 5.91 Å². The maximum absolute atomic E-state index is 12.7. The van der Waals surface area contributed by atoms with Gasteiger partial charge in [-0.05, 0) is 12.8 Å². The van der Waals surface area contributed by atoms with E-state index in [-0.39, 0.29) is 12.5 Å². The van der Waals surface area contributed by atoms with Crippen molar-refractivity contribution in [2.45, 2.75) is 12.8 Å². The molecule has 0 unspecified atom stereocenters. The Balaban J connectivity index is 1.92. The molecule has 0 aromatic rings. The topological polar surface area (TPSA) is 96.1 Å². The van der Waals surface area contributed by atoms with E-state index in [9.17, 15) is 9.59 Å². The van der Waals surface area contributed by atoms with Gasteiger partial charge in [-0.15, -0.1) is 0 Å². The molecule has 1 amide bonds. The Labute approximate surface area is 118 Å². The van der Waals surface area contributed by atoms with Crippen molar-refractivity contribution >= 4 is 11.9 Å². The van der Waals surface area contributed by atoms with Gasteiger partial charge in [0.25, 0.3) is 0 Å². The van der Waals surface area contributed by atoms with E-state index in [1.165, 1.54) is 0 Å². The van der Waals surface area contributed by atoms with Crippen LogP contribution in [0, 0.1) is 5.41 Å². The summed E-state index contributed by atoms with van der Waals surface area (Å²) in [5, 5.41) is 8.77. The molecular formula is C13H23N3O4. The van der Waals surface area contributed by atoms with Crippen molar-refractivity contribution in [3.63, 3.8) is 0 Å². The van der Waals surface area contributed by atoms with Crippen molar-refractivity contribution in [3.05, 3.63) is 0 Å². The van der Waals surface area contributed by atoms with Gasteiger partial charge >= 0.3 is 5.97 Å². The van der Waals surface area contributed by atoms with E-state index in [1.54, 1.807) is 0 Å². The minimum absolute atomic E-state index is 0.0396. The van der Waals surface area contributed by atoms with Crippen LogP contribution in [0.15, 0.2) is 0 Å². The zero-order chi connectivity index (χ0) is 14.6. The average Bonchev–Trinajstić information content (AvgIpc) is 2.47. The summed E-state index contributed by atoms with van der Waals surface area (Å²) < 4.78 is 5.33. The van der Waals surface area contributed by atoms with Crippen LogP contribution >= 0.6 is 0 Å². The number of amides is 1. The molecule has 2 aliphatic rings. The van der Waals surface area contributed by atoms with Crippen LogP contribution in [0.4, 0.5) is 0 Å². The maximum atomic E-state index is 12.7. The number of carboxylic acids is 1. The van der Waals surface area contributed by atoms with Gasteiger partial charge in [-0.25, -0.2) is 0 Å². The molecule has 0 bridgehead atoms. The van der Waals surface area contributed by atoms with E-state index < -0.39 is 11.4 Å². The standard InChI is InChI=1S/C13H23N3O4/c14-10-13(1-7-20-8-2-13)12(19)16-5-3-15(4-6-16)9-11(17)18/h1-10,14H2,(H,17,18). The molecule has 2 heterocycles. The number of carbonyl (C=O) groups is 2. The summed E-state index contributed by atoms with van der Waals surface area (Å²) in [6.07, 6.45) is 1.36. The Morgan fingerprint density at radius 2 is 1.75 bits per heavy atom. The molecule has 0 aliphatic carbocycles. The van der Waals surface area contributed by atoms with Crippen LogP contribution in [0.5, 0.6) is 0 Å². The van der Waals surface area contributed by atoms with Crippen molar-refractivity contribution in [3.8, 4) is 0 Å². The number of nitrogens with two attached hydrogens (primary N) is 1. The zero-order valence-electron chi connectivity index (χ0n) is 11.7. The molecule has 114 valence electrons. The quantitative estimate of drug-likeness (QED) is 0.686. The highest BCUT2D eigenvalue weighted by Gasteiger charge is 2.42. The maximum Gasteiger partial charge on any atom is 0.317 e. The van der Waals surface area contributed by atoms with Gasteiger partial charge in [-0.3, -0.25) is 14.5 Å². The van der Waals surface area contributed by atoms with Gasteiger partial charge in [0.15, 0.2) is 0 Å². The molecule has 2 saturated heterocycles. The Morgan fingerprint density at radius 3 is 2.25 bits per heavy atom. The number of hydrogen-bond acceptors (Lipinski definition) is 5. The smallest absolute Gasteiger partial charge is 0.317 e. The zero-order valence-corrected chi connectivity index (χ0v) is 11.7. The van der Waals surface area contributed by atoms with Gasteiger partial charge in [-0.2, -0.15) is 0 Å². The van der Waals surface area contributed by atoms with E-state index in [0.717, 1.165) is 0 Å². The summed E-state index contributed by atoms with van der Waals surface area (Å²) in [4.78, 5) is 27.0. The molecule has 0 atom stereocenters. The molecule has 3 N–H and O–H groups in total. The molecule has 7 nitrogen and oxygen atoms in total. The SMILES string of the molecule is NCC1(C(=O)N2CCN(CC(=O)O)CC2)CCOCC1. The highest BCUT2D eigenvalue weighted by Crippen LogP contribution is 2.32. The first-order valence-corrected chi connectivity index (χ1v) is 7.09. The highest BCUT2D eigenvalue weighted by molar-refractivity contribution is 5.83. The number of nitrogens with zero attached hydrogens (tertiary/aromatic N) is 2. The third kappa shape index (κ3) is 3.28. The molecule has 0 radical (unpaired) electrons. The molecule has 0 aromatic carbocycles. The van der Waals surface area contributed by atoms with Gasteiger partial charge in [0.05, 0.1) is 12.0 Å². The van der Waals surface area contributed by atoms with Crippen LogP contribution in [-0.4, -0.2) is 79.3 Å². The first-order chi connectivity index (χ1) is 9.57. The first-order valence-electron chi connectivity index (χ1n) is 7.09. The van der Waals surface area contributed by atoms with Crippen molar-refractivity contribution in [1.82, 2.24) is 9.80 Å². The van der Waals surface area contributed by atoms with Crippen molar-refractivity contribution in [1.29, 1.82) is 0 Å². The van der Waals surface area contributed by atoms with Crippen LogP contribution in [0.3, 0.4) is 0 Å². The van der Waals surface area contributed by atoms with Gasteiger partial charge in [-0.1, -0.05) is 0 Å². The highest BCUT2D eigenvalue weighted by atomic mass is 16.5. The summed E-state index contributed by atoms with van der Waals surface area (Å²) in [5.74, 6) is -0.717. The molecule has 20 heavy (non-hydrogen) atoms. The predicted octanol–water partition coefficient (Wildman–Crippen LogP) is -1.03. The predicted molar refractivity (Wildman–Crippen MR) is 72.2 cm³/mol. The van der Waals surface area contributed by atoms with Gasteiger partial charge in [0, 0.05) is 45.9 Å². The van der Waals surface area contributed by atoms with Crippen LogP contribution < -0.4 is 5.73 Å². The van der Waals surface area contributed by atoms with E-state index in [2.05, 4.69) is 0 Å². The van der Waals surface area contributed by atoms with E-state index >= 15 is 0 Å². The van der Waals surface area contributed by atoms with Gasteiger partial charge in [0.1, 0.15) is 0 Å². The van der Waals surface area contributed by atoms with E-state index in [1.807, 2.05) is 9.80 Å². The molecule has 7 heteroatoms. The van der Waals surface area contributed by atoms with Crippen LogP contribution in [0.2, 0.25) is 0 Å². The summed E-state index contributed by atoms with van der Waals surface area (Å²) in [7, 11) is 0. The summed E-state index contributed by atoms with van der Waals surface area (Å²) in [6, 6.07) is 0. The Hall–Kier alpha value is -1.18. The second-order valence-electron chi connectivity index (χ2n) is 5.56. The second-order valence-corrected chi connectivity index (χ2v) is 5.56. The monoisotopic (exact) mass is 285 g/mol. The van der Waals surface area contributed by atoms with Crippen molar-refractivity contribution in [2.75, 3.05) is 52.5 Å². The van der Waals surface area contributed by atoms with Crippen molar-refractivity contribution < 1.29 is 19.4 Å². The fourth-order valence-electron chi connectivity index (χ4n) is 2.90. The molecule has 0 aromatic heterocycles. The number of carboxylic acid groups (broad SMARTS) is 1. The number of carbonyl (C=O) groups excluding carboxylic acids is 1. The lowest BCUT2D eigenvalue weighted by Gasteiger charge is -2.42. The molecule has 2 fully saturated rings. The largest absolute Gasteiger partial charge is 0.480 e. The lowest BCUT2D eigenvalue weighted by atomic mass is 9.78. The minimum atomic E-state index is -0.826. The number of aliphatic carboxylic acids is 1. The molecular weight excluding hydrogens is 262 g/mol. The molecule has 0 saturated carbocycles. The van der Waals surface area contributed by atoms with Crippen LogP contribution in [-0.2, 0) is 14.3 Å². The second kappa shape index (κ2) is 6.51. The Kier molecular flexibility index (Phi) is 4.95. The van der Waals surface area contributed by atoms with Crippen molar-refractivity contribution in [2.24, 2.45) is 11.1 Å². The third-order valence-corrected chi connectivity index (χ3v) is 4.31. The summed E-state index contributed by atoms with van der Waals surface area (Å²) in [5.41, 5.74) is 5.37.